The molecule has 0 saturated heterocycles. The lowest BCUT2D eigenvalue weighted by molar-refractivity contribution is 0.284. The average Bonchev–Trinajstić information content (AvgIpc) is 2.53. The van der Waals surface area contributed by atoms with Crippen molar-refractivity contribution in [3.63, 3.8) is 0 Å². The van der Waals surface area contributed by atoms with E-state index in [1.807, 2.05) is 6.07 Å². The minimum atomic E-state index is -0.558. The van der Waals surface area contributed by atoms with Gasteiger partial charge in [-0.25, -0.2) is 4.39 Å². The number of halogens is 1. The molecule has 0 N–H and O–H groups in total. The second kappa shape index (κ2) is 6.40. The van der Waals surface area contributed by atoms with E-state index in [1.165, 1.54) is 19.2 Å². The maximum absolute atomic E-state index is 13.2. The average molecular weight is 282 g/mol. The van der Waals surface area contributed by atoms with E-state index in [1.54, 1.807) is 30.3 Å². The van der Waals surface area contributed by atoms with Crippen LogP contribution >= 0.6 is 0 Å². The number of nitrogens with zero attached hydrogens (tertiary/aromatic N) is 2. The highest BCUT2D eigenvalue weighted by molar-refractivity contribution is 5.46. The zero-order chi connectivity index (χ0) is 15.2. The van der Waals surface area contributed by atoms with Crippen LogP contribution in [0.25, 0.3) is 0 Å². The van der Waals surface area contributed by atoms with Crippen LogP contribution in [-0.4, -0.2) is 7.11 Å². The molecule has 4 nitrogen and oxygen atoms in total. The van der Waals surface area contributed by atoms with Crippen LogP contribution in [0, 0.1) is 28.5 Å². The Morgan fingerprint density at radius 3 is 2.52 bits per heavy atom. The minimum Gasteiger partial charge on any atom is -0.493 e. The molecule has 2 aromatic carbocycles. The van der Waals surface area contributed by atoms with Gasteiger partial charge in [0.2, 0.25) is 0 Å². The molecule has 0 aliphatic carbocycles. The van der Waals surface area contributed by atoms with Crippen molar-refractivity contribution in [2.75, 3.05) is 7.11 Å². The van der Waals surface area contributed by atoms with Crippen molar-refractivity contribution in [2.45, 2.75) is 6.61 Å². The van der Waals surface area contributed by atoms with Gasteiger partial charge in [0.1, 0.15) is 18.5 Å². The van der Waals surface area contributed by atoms with E-state index >= 15 is 0 Å². The number of rotatable bonds is 4. The summed E-state index contributed by atoms with van der Waals surface area (Å²) in [7, 11) is 1.48. The number of methoxy groups -OCH3 is 1. The largest absolute Gasteiger partial charge is 0.493 e. The third-order valence-corrected chi connectivity index (χ3v) is 2.84. The summed E-state index contributed by atoms with van der Waals surface area (Å²) in [5.41, 5.74) is 1.11. The lowest BCUT2D eigenvalue weighted by Crippen LogP contribution is -1.99. The Balaban J connectivity index is 2.17. The highest BCUT2D eigenvalue weighted by Crippen LogP contribution is 2.28. The van der Waals surface area contributed by atoms with Crippen LogP contribution in [0.4, 0.5) is 4.39 Å². The zero-order valence-corrected chi connectivity index (χ0v) is 11.3. The highest BCUT2D eigenvalue weighted by atomic mass is 19.1. The Kier molecular flexibility index (Phi) is 4.38. The summed E-state index contributed by atoms with van der Waals surface area (Å²) in [6, 6.07) is 12.8. The van der Waals surface area contributed by atoms with Crippen LogP contribution < -0.4 is 9.47 Å². The third kappa shape index (κ3) is 3.29. The maximum atomic E-state index is 13.2. The Labute approximate surface area is 121 Å². The number of nitriles is 2. The maximum Gasteiger partial charge on any atom is 0.162 e. The Hall–Kier alpha value is -3.05. The van der Waals surface area contributed by atoms with Gasteiger partial charge in [-0.05, 0) is 29.8 Å². The first-order valence-electron chi connectivity index (χ1n) is 6.07. The van der Waals surface area contributed by atoms with Gasteiger partial charge >= 0.3 is 0 Å². The Morgan fingerprint density at radius 1 is 1.05 bits per heavy atom. The van der Waals surface area contributed by atoms with E-state index in [9.17, 15) is 4.39 Å². The molecule has 0 spiro atoms. The lowest BCUT2D eigenvalue weighted by Gasteiger charge is -2.11. The van der Waals surface area contributed by atoms with E-state index < -0.39 is 5.82 Å². The van der Waals surface area contributed by atoms with Gasteiger partial charge in [0.25, 0.3) is 0 Å². The van der Waals surface area contributed by atoms with E-state index in [-0.39, 0.29) is 12.2 Å². The number of benzene rings is 2. The molecular weight excluding hydrogens is 271 g/mol. The van der Waals surface area contributed by atoms with E-state index in [0.717, 1.165) is 0 Å². The van der Waals surface area contributed by atoms with Gasteiger partial charge in [-0.2, -0.15) is 10.5 Å². The van der Waals surface area contributed by atoms with Crippen molar-refractivity contribution < 1.29 is 13.9 Å². The SMILES string of the molecule is COc1cc(C#N)ccc1OCc1ccc(F)c(C#N)c1. The van der Waals surface area contributed by atoms with Crippen LogP contribution in [-0.2, 0) is 6.61 Å². The Bertz CT molecular complexity index is 745. The van der Waals surface area contributed by atoms with Crippen molar-refractivity contribution in [3.8, 4) is 23.6 Å². The molecule has 0 saturated carbocycles. The molecule has 2 rings (SSSR count). The zero-order valence-electron chi connectivity index (χ0n) is 11.3. The molecule has 0 amide bonds. The normalized spacial score (nSPS) is 9.52. The van der Waals surface area contributed by atoms with E-state index in [0.29, 0.717) is 22.6 Å². The molecule has 0 aliphatic heterocycles. The smallest absolute Gasteiger partial charge is 0.162 e. The lowest BCUT2D eigenvalue weighted by atomic mass is 10.1. The van der Waals surface area contributed by atoms with Gasteiger partial charge in [-0.3, -0.25) is 0 Å². The molecule has 21 heavy (non-hydrogen) atoms. The molecule has 5 heteroatoms. The summed E-state index contributed by atoms with van der Waals surface area (Å²) in [5.74, 6) is 0.355. The molecular formula is C16H11FN2O2. The predicted octanol–water partition coefficient (Wildman–Crippen LogP) is 3.16. The van der Waals surface area contributed by atoms with Crippen LogP contribution in [0.2, 0.25) is 0 Å². The van der Waals surface area contributed by atoms with Crippen molar-refractivity contribution in [1.82, 2.24) is 0 Å². The number of hydrogen-bond acceptors (Lipinski definition) is 4. The van der Waals surface area contributed by atoms with Crippen molar-refractivity contribution in [1.29, 1.82) is 10.5 Å². The standard InChI is InChI=1S/C16H11FN2O2/c1-20-16-7-11(8-18)3-5-15(16)21-10-12-2-4-14(17)13(6-12)9-19/h2-7H,10H2,1H3. The van der Waals surface area contributed by atoms with E-state index in [2.05, 4.69) is 0 Å². The first kappa shape index (κ1) is 14.4. The molecule has 104 valence electrons. The first-order valence-corrected chi connectivity index (χ1v) is 6.07. The molecule has 0 aliphatic rings. The van der Waals surface area contributed by atoms with Crippen molar-refractivity contribution in [2.24, 2.45) is 0 Å². The van der Waals surface area contributed by atoms with Crippen LogP contribution in [0.15, 0.2) is 36.4 Å². The number of hydrogen-bond donors (Lipinski definition) is 0. The van der Waals surface area contributed by atoms with E-state index in [4.69, 9.17) is 20.0 Å². The molecule has 0 radical (unpaired) electrons. The second-order valence-corrected chi connectivity index (χ2v) is 4.19. The van der Waals surface area contributed by atoms with Gasteiger partial charge < -0.3 is 9.47 Å². The fraction of sp³-hybridized carbons (Fsp3) is 0.125. The molecule has 0 bridgehead atoms. The van der Waals surface area contributed by atoms with Gasteiger partial charge in [-0.15, -0.1) is 0 Å². The second-order valence-electron chi connectivity index (χ2n) is 4.19. The van der Waals surface area contributed by atoms with Gasteiger partial charge in [0, 0.05) is 6.07 Å². The Morgan fingerprint density at radius 2 is 1.86 bits per heavy atom. The molecule has 0 fully saturated rings. The monoisotopic (exact) mass is 282 g/mol. The van der Waals surface area contributed by atoms with Crippen LogP contribution in [0.1, 0.15) is 16.7 Å². The van der Waals surface area contributed by atoms with Crippen molar-refractivity contribution in [3.05, 3.63) is 58.9 Å². The third-order valence-electron chi connectivity index (χ3n) is 2.84. The van der Waals surface area contributed by atoms with Crippen molar-refractivity contribution >= 4 is 0 Å². The topological polar surface area (TPSA) is 66.0 Å². The summed E-state index contributed by atoms with van der Waals surface area (Å²) in [4.78, 5) is 0. The molecule has 2 aromatic rings. The first-order chi connectivity index (χ1) is 10.2. The predicted molar refractivity (Wildman–Crippen MR) is 73.2 cm³/mol. The summed E-state index contributed by atoms with van der Waals surface area (Å²) in [6.07, 6.45) is 0. The summed E-state index contributed by atoms with van der Waals surface area (Å²) < 4.78 is 24.0. The molecule has 0 heterocycles. The summed E-state index contributed by atoms with van der Waals surface area (Å²) in [6.45, 7) is 0.164. The molecule has 0 atom stereocenters. The minimum absolute atomic E-state index is 0.0251. The van der Waals surface area contributed by atoms with Gasteiger partial charge in [-0.1, -0.05) is 6.07 Å². The fourth-order valence-electron chi connectivity index (χ4n) is 1.77. The summed E-state index contributed by atoms with van der Waals surface area (Å²) >= 11 is 0. The quantitative estimate of drug-likeness (QED) is 0.864. The fourth-order valence-corrected chi connectivity index (χ4v) is 1.77. The molecule has 0 aromatic heterocycles. The van der Waals surface area contributed by atoms with Crippen LogP contribution in [0.3, 0.4) is 0 Å². The summed E-state index contributed by atoms with van der Waals surface area (Å²) in [5, 5.41) is 17.6. The number of ether oxygens (including phenoxy) is 2. The highest BCUT2D eigenvalue weighted by Gasteiger charge is 2.07. The van der Waals surface area contributed by atoms with Gasteiger partial charge in [0.05, 0.1) is 24.3 Å². The van der Waals surface area contributed by atoms with Gasteiger partial charge in [0.15, 0.2) is 11.5 Å². The van der Waals surface area contributed by atoms with Crippen LogP contribution in [0.5, 0.6) is 11.5 Å². The molecule has 0 unspecified atom stereocenters.